The van der Waals surface area contributed by atoms with Crippen LogP contribution in [0.15, 0.2) is 36.5 Å². The molecule has 0 fully saturated rings. The van der Waals surface area contributed by atoms with Crippen LogP contribution in [0.3, 0.4) is 0 Å². The van der Waals surface area contributed by atoms with Gasteiger partial charge in [0.25, 0.3) is 0 Å². The Morgan fingerprint density at radius 2 is 0.784 bits per heavy atom. The predicted octanol–water partition coefficient (Wildman–Crippen LogP) is 13.4. The molecule has 6 nitrogen and oxygen atoms in total. The molecule has 0 aliphatic rings. The molecule has 0 bridgehead atoms. The van der Waals surface area contributed by atoms with Crippen molar-refractivity contribution in [2.75, 3.05) is 13.2 Å². The van der Waals surface area contributed by atoms with Crippen molar-refractivity contribution in [3.63, 3.8) is 0 Å². The number of hydrogen-bond donors (Lipinski definition) is 0. The lowest BCUT2D eigenvalue weighted by Gasteiger charge is -2.18. The number of esters is 3. The van der Waals surface area contributed by atoms with Gasteiger partial charge in [0, 0.05) is 19.3 Å². The fourth-order valence-corrected chi connectivity index (χ4v) is 5.87. The Kier molecular flexibility index (Phi) is 38.5. The van der Waals surface area contributed by atoms with Crippen LogP contribution in [-0.2, 0) is 28.6 Å². The third-order valence-electron chi connectivity index (χ3n) is 9.13. The quantitative estimate of drug-likeness (QED) is 0.0274. The Bertz CT molecular complexity index is 876. The van der Waals surface area contributed by atoms with Crippen molar-refractivity contribution in [2.24, 2.45) is 0 Å². The molecule has 0 heterocycles. The summed E-state index contributed by atoms with van der Waals surface area (Å²) in [6, 6.07) is 0. The molecule has 0 aliphatic carbocycles. The molecule has 51 heavy (non-hydrogen) atoms. The predicted molar refractivity (Wildman–Crippen MR) is 215 cm³/mol. The molecule has 0 aromatic rings. The van der Waals surface area contributed by atoms with Crippen LogP contribution in [0.25, 0.3) is 0 Å². The Morgan fingerprint density at radius 1 is 0.412 bits per heavy atom. The van der Waals surface area contributed by atoms with Crippen LogP contribution in [0.4, 0.5) is 0 Å². The average Bonchev–Trinajstić information content (AvgIpc) is 3.12. The number of unbranched alkanes of at least 4 members (excludes halogenated alkanes) is 21. The highest BCUT2D eigenvalue weighted by Gasteiger charge is 2.19. The van der Waals surface area contributed by atoms with Gasteiger partial charge in [0.2, 0.25) is 0 Å². The summed E-state index contributed by atoms with van der Waals surface area (Å²) in [5.41, 5.74) is 0. The molecule has 0 aliphatic heterocycles. The Balaban J connectivity index is 4.36. The van der Waals surface area contributed by atoms with Crippen LogP contribution in [0.5, 0.6) is 0 Å². The first-order valence-electron chi connectivity index (χ1n) is 21.5. The summed E-state index contributed by atoms with van der Waals surface area (Å²) in [6.07, 6.45) is 44.1. The van der Waals surface area contributed by atoms with Crippen LogP contribution in [0.2, 0.25) is 0 Å². The van der Waals surface area contributed by atoms with E-state index in [9.17, 15) is 14.4 Å². The molecular weight excluding hydrogens is 636 g/mol. The highest BCUT2D eigenvalue weighted by molar-refractivity contribution is 5.71. The van der Waals surface area contributed by atoms with Crippen LogP contribution in [-0.4, -0.2) is 37.2 Å². The average molecular weight is 717 g/mol. The van der Waals surface area contributed by atoms with Crippen LogP contribution < -0.4 is 0 Å². The van der Waals surface area contributed by atoms with E-state index >= 15 is 0 Å². The van der Waals surface area contributed by atoms with Crippen molar-refractivity contribution in [1.29, 1.82) is 0 Å². The first-order chi connectivity index (χ1) is 25.0. The standard InChI is InChI=1S/C45H80O6/c1-4-7-10-13-16-19-21-22-23-24-27-29-32-35-38-44(47)50-41-42(40-49-43(46)37-34-31-28-25-18-15-12-9-6-3)51-45(48)39-36-33-30-26-20-17-14-11-8-5-2/h7,10,14,16-17,19,42H,4-6,8-9,11-13,15,18,20-41H2,1-3H3/b10-7-,17-14-,19-16-. The molecule has 0 saturated carbocycles. The van der Waals surface area contributed by atoms with Crippen molar-refractivity contribution in [3.05, 3.63) is 36.5 Å². The smallest absolute Gasteiger partial charge is 0.306 e. The highest BCUT2D eigenvalue weighted by Crippen LogP contribution is 2.14. The molecule has 6 heteroatoms. The van der Waals surface area contributed by atoms with Crippen molar-refractivity contribution >= 4 is 17.9 Å². The zero-order valence-electron chi connectivity index (χ0n) is 33.6. The lowest BCUT2D eigenvalue weighted by atomic mass is 10.1. The zero-order valence-corrected chi connectivity index (χ0v) is 33.6. The third-order valence-corrected chi connectivity index (χ3v) is 9.13. The van der Waals surface area contributed by atoms with Crippen molar-refractivity contribution in [2.45, 2.75) is 219 Å². The van der Waals surface area contributed by atoms with Gasteiger partial charge in [-0.3, -0.25) is 14.4 Å². The Labute approximate surface area is 315 Å². The van der Waals surface area contributed by atoms with Crippen LogP contribution in [0, 0.1) is 0 Å². The monoisotopic (exact) mass is 717 g/mol. The van der Waals surface area contributed by atoms with E-state index in [2.05, 4.69) is 57.2 Å². The van der Waals surface area contributed by atoms with E-state index in [-0.39, 0.29) is 31.1 Å². The van der Waals surface area contributed by atoms with E-state index in [4.69, 9.17) is 14.2 Å². The van der Waals surface area contributed by atoms with Crippen LogP contribution in [0.1, 0.15) is 213 Å². The number of carbonyl (C=O) groups excluding carboxylic acids is 3. The van der Waals surface area contributed by atoms with Gasteiger partial charge in [-0.1, -0.05) is 166 Å². The molecule has 0 amide bonds. The van der Waals surface area contributed by atoms with Gasteiger partial charge in [-0.05, 0) is 64.2 Å². The number of allylic oxidation sites excluding steroid dienone is 6. The number of rotatable bonds is 38. The summed E-state index contributed by atoms with van der Waals surface area (Å²) in [4.78, 5) is 37.5. The molecule has 0 spiro atoms. The maximum absolute atomic E-state index is 12.6. The van der Waals surface area contributed by atoms with Gasteiger partial charge < -0.3 is 14.2 Å². The van der Waals surface area contributed by atoms with Gasteiger partial charge in [0.1, 0.15) is 13.2 Å². The van der Waals surface area contributed by atoms with Crippen molar-refractivity contribution < 1.29 is 28.6 Å². The van der Waals surface area contributed by atoms with E-state index in [0.717, 1.165) is 96.3 Å². The second-order valence-electron chi connectivity index (χ2n) is 14.2. The van der Waals surface area contributed by atoms with Gasteiger partial charge in [-0.15, -0.1) is 0 Å². The number of hydrogen-bond acceptors (Lipinski definition) is 6. The molecule has 296 valence electrons. The fraction of sp³-hybridized carbons (Fsp3) is 0.800. The van der Waals surface area contributed by atoms with Gasteiger partial charge in [0.15, 0.2) is 6.10 Å². The zero-order chi connectivity index (χ0) is 37.3. The van der Waals surface area contributed by atoms with E-state index in [1.54, 1.807) is 0 Å². The molecule has 0 rings (SSSR count). The molecule has 0 radical (unpaired) electrons. The lowest BCUT2D eigenvalue weighted by molar-refractivity contribution is -0.167. The first kappa shape index (κ1) is 48.6. The molecule has 0 saturated heterocycles. The van der Waals surface area contributed by atoms with Gasteiger partial charge in [-0.2, -0.15) is 0 Å². The molecule has 0 aromatic heterocycles. The van der Waals surface area contributed by atoms with Crippen LogP contribution >= 0.6 is 0 Å². The molecule has 0 N–H and O–H groups in total. The second-order valence-corrected chi connectivity index (χ2v) is 14.2. The minimum Gasteiger partial charge on any atom is -0.462 e. The molecule has 1 atom stereocenters. The van der Waals surface area contributed by atoms with E-state index in [1.165, 1.54) is 77.0 Å². The minimum absolute atomic E-state index is 0.0780. The van der Waals surface area contributed by atoms with Gasteiger partial charge >= 0.3 is 17.9 Å². The second kappa shape index (κ2) is 40.4. The largest absolute Gasteiger partial charge is 0.462 e. The minimum atomic E-state index is -0.774. The van der Waals surface area contributed by atoms with Crippen molar-refractivity contribution in [1.82, 2.24) is 0 Å². The first-order valence-corrected chi connectivity index (χ1v) is 21.5. The van der Waals surface area contributed by atoms with Gasteiger partial charge in [0.05, 0.1) is 0 Å². The van der Waals surface area contributed by atoms with E-state index < -0.39 is 6.10 Å². The number of carbonyl (C=O) groups is 3. The maximum atomic E-state index is 12.6. The Morgan fingerprint density at radius 3 is 1.25 bits per heavy atom. The summed E-state index contributed by atoms with van der Waals surface area (Å²) < 4.78 is 16.6. The van der Waals surface area contributed by atoms with E-state index in [1.807, 2.05) is 0 Å². The summed E-state index contributed by atoms with van der Waals surface area (Å²) >= 11 is 0. The topological polar surface area (TPSA) is 78.9 Å². The summed E-state index contributed by atoms with van der Waals surface area (Å²) in [7, 11) is 0. The maximum Gasteiger partial charge on any atom is 0.306 e. The summed E-state index contributed by atoms with van der Waals surface area (Å²) in [5, 5.41) is 0. The van der Waals surface area contributed by atoms with Gasteiger partial charge in [-0.25, -0.2) is 0 Å². The molecule has 0 aromatic carbocycles. The number of ether oxygens (including phenoxy) is 3. The lowest BCUT2D eigenvalue weighted by Crippen LogP contribution is -2.30. The summed E-state index contributed by atoms with van der Waals surface area (Å²) in [5.74, 6) is -0.905. The SMILES string of the molecule is CC/C=C\C/C=C\CCCCCCCCCC(=O)OCC(COC(=O)CCCCCCCCCCC)OC(=O)CCCCCC/C=C\CCCC. The fourth-order valence-electron chi connectivity index (χ4n) is 5.87. The normalized spacial score (nSPS) is 12.3. The Hall–Kier alpha value is -2.37. The molecular formula is C45H80O6. The molecule has 1 unspecified atom stereocenters. The third kappa shape index (κ3) is 38.7. The summed E-state index contributed by atoms with van der Waals surface area (Å²) in [6.45, 7) is 6.44. The van der Waals surface area contributed by atoms with E-state index in [0.29, 0.717) is 19.3 Å². The van der Waals surface area contributed by atoms with Crippen molar-refractivity contribution in [3.8, 4) is 0 Å². The highest BCUT2D eigenvalue weighted by atomic mass is 16.6.